The predicted molar refractivity (Wildman–Crippen MR) is 58.2 cm³/mol. The largest absolute Gasteiger partial charge is 0.345 e. The van der Waals surface area contributed by atoms with E-state index in [1.54, 1.807) is 0 Å². The molecule has 0 spiro atoms. The quantitative estimate of drug-likeness (QED) is 0.795. The molecular formula is C10H13BrN2O. The van der Waals surface area contributed by atoms with Gasteiger partial charge in [-0.1, -0.05) is 0 Å². The smallest absolute Gasteiger partial charge is 0.270 e. The van der Waals surface area contributed by atoms with E-state index in [1.165, 1.54) is 0 Å². The lowest BCUT2D eigenvalue weighted by atomic mass is 10.3. The third-order valence-electron chi connectivity index (χ3n) is 2.61. The van der Waals surface area contributed by atoms with E-state index in [4.69, 9.17) is 0 Å². The first-order valence-electron chi connectivity index (χ1n) is 4.68. The minimum absolute atomic E-state index is 0.112. The van der Waals surface area contributed by atoms with E-state index in [9.17, 15) is 4.79 Å². The molecular weight excluding hydrogens is 244 g/mol. The van der Waals surface area contributed by atoms with E-state index in [0.29, 0.717) is 6.04 Å². The molecule has 0 radical (unpaired) electrons. The molecule has 1 fully saturated rings. The topological polar surface area (TPSA) is 25.2 Å². The first-order valence-corrected chi connectivity index (χ1v) is 5.48. The summed E-state index contributed by atoms with van der Waals surface area (Å²) in [5.74, 6) is 0.112. The number of aromatic nitrogens is 1. The van der Waals surface area contributed by atoms with E-state index < -0.39 is 0 Å². The maximum atomic E-state index is 11.9. The maximum absolute atomic E-state index is 11.9. The average molecular weight is 257 g/mol. The van der Waals surface area contributed by atoms with Gasteiger partial charge in [0.05, 0.1) is 0 Å². The molecule has 14 heavy (non-hydrogen) atoms. The Bertz CT molecular complexity index is 368. The molecule has 76 valence electrons. The number of rotatable bonds is 2. The van der Waals surface area contributed by atoms with Gasteiger partial charge < -0.3 is 9.47 Å². The Balaban J connectivity index is 2.21. The second-order valence-corrected chi connectivity index (χ2v) is 4.72. The predicted octanol–water partition coefficient (Wildman–Crippen LogP) is 2.02. The van der Waals surface area contributed by atoms with Crippen molar-refractivity contribution in [1.29, 1.82) is 0 Å². The second-order valence-electron chi connectivity index (χ2n) is 3.80. The van der Waals surface area contributed by atoms with Gasteiger partial charge in [-0.05, 0) is 34.8 Å². The van der Waals surface area contributed by atoms with Gasteiger partial charge in [-0.2, -0.15) is 0 Å². The van der Waals surface area contributed by atoms with Crippen LogP contribution in [0.4, 0.5) is 0 Å². The van der Waals surface area contributed by atoms with Gasteiger partial charge >= 0.3 is 0 Å². The summed E-state index contributed by atoms with van der Waals surface area (Å²) in [4.78, 5) is 13.8. The molecule has 0 bridgehead atoms. The van der Waals surface area contributed by atoms with Crippen molar-refractivity contribution in [1.82, 2.24) is 9.47 Å². The Morgan fingerprint density at radius 1 is 1.64 bits per heavy atom. The van der Waals surface area contributed by atoms with E-state index in [0.717, 1.165) is 23.0 Å². The third-order valence-corrected chi connectivity index (χ3v) is 3.04. The molecule has 1 aromatic rings. The zero-order chi connectivity index (χ0) is 10.3. The zero-order valence-corrected chi connectivity index (χ0v) is 9.91. The molecule has 0 saturated heterocycles. The number of hydrogen-bond donors (Lipinski definition) is 0. The van der Waals surface area contributed by atoms with E-state index in [1.807, 2.05) is 35.8 Å². The second kappa shape index (κ2) is 3.42. The van der Waals surface area contributed by atoms with Gasteiger partial charge in [0.1, 0.15) is 5.69 Å². The van der Waals surface area contributed by atoms with Crippen LogP contribution in [0.1, 0.15) is 23.3 Å². The van der Waals surface area contributed by atoms with Gasteiger partial charge in [0.2, 0.25) is 0 Å². The van der Waals surface area contributed by atoms with Crippen molar-refractivity contribution in [3.05, 3.63) is 22.4 Å². The molecule has 1 amide bonds. The highest BCUT2D eigenvalue weighted by Crippen LogP contribution is 2.27. The highest BCUT2D eigenvalue weighted by molar-refractivity contribution is 9.10. The van der Waals surface area contributed by atoms with Crippen LogP contribution in [-0.2, 0) is 7.05 Å². The van der Waals surface area contributed by atoms with Crippen LogP contribution in [0.25, 0.3) is 0 Å². The van der Waals surface area contributed by atoms with Crippen molar-refractivity contribution >= 4 is 21.8 Å². The molecule has 2 rings (SSSR count). The minimum atomic E-state index is 0.112. The maximum Gasteiger partial charge on any atom is 0.270 e. The highest BCUT2D eigenvalue weighted by Gasteiger charge is 2.30. The summed E-state index contributed by atoms with van der Waals surface area (Å²) in [6, 6.07) is 2.33. The fraction of sp³-hybridized carbons (Fsp3) is 0.500. The summed E-state index contributed by atoms with van der Waals surface area (Å²) >= 11 is 3.36. The molecule has 0 atom stereocenters. The summed E-state index contributed by atoms with van der Waals surface area (Å²) in [6.07, 6.45) is 4.19. The van der Waals surface area contributed by atoms with Gasteiger partial charge in [-0.15, -0.1) is 0 Å². The lowest BCUT2D eigenvalue weighted by molar-refractivity contribution is 0.0775. The Morgan fingerprint density at radius 3 is 2.71 bits per heavy atom. The summed E-state index contributed by atoms with van der Waals surface area (Å²) < 4.78 is 2.80. The molecule has 1 heterocycles. The van der Waals surface area contributed by atoms with Crippen molar-refractivity contribution in [2.45, 2.75) is 18.9 Å². The molecule has 1 aliphatic rings. The van der Waals surface area contributed by atoms with E-state index >= 15 is 0 Å². The normalized spacial score (nSPS) is 15.6. The zero-order valence-electron chi connectivity index (χ0n) is 8.33. The summed E-state index contributed by atoms with van der Waals surface area (Å²) in [5.41, 5.74) is 0.742. The van der Waals surface area contributed by atoms with Crippen molar-refractivity contribution in [2.75, 3.05) is 7.05 Å². The fourth-order valence-electron chi connectivity index (χ4n) is 1.55. The number of carbonyl (C=O) groups excluding carboxylic acids is 1. The molecule has 3 nitrogen and oxygen atoms in total. The summed E-state index contributed by atoms with van der Waals surface area (Å²) in [6.45, 7) is 0. The molecule has 1 saturated carbocycles. The minimum Gasteiger partial charge on any atom is -0.345 e. The lowest BCUT2D eigenvalue weighted by Crippen LogP contribution is -2.30. The van der Waals surface area contributed by atoms with Gasteiger partial charge in [0.25, 0.3) is 5.91 Å². The Hall–Kier alpha value is -0.770. The number of nitrogens with zero attached hydrogens (tertiary/aromatic N) is 2. The lowest BCUT2D eigenvalue weighted by Gasteiger charge is -2.16. The summed E-state index contributed by atoms with van der Waals surface area (Å²) in [5, 5.41) is 0. The molecule has 0 unspecified atom stereocenters. The number of halogens is 1. The van der Waals surface area contributed by atoms with Gasteiger partial charge in [-0.25, -0.2) is 0 Å². The molecule has 1 aromatic heterocycles. The van der Waals surface area contributed by atoms with Crippen LogP contribution in [-0.4, -0.2) is 28.5 Å². The number of amides is 1. The van der Waals surface area contributed by atoms with Crippen molar-refractivity contribution in [3.8, 4) is 0 Å². The van der Waals surface area contributed by atoms with E-state index in [-0.39, 0.29) is 5.91 Å². The van der Waals surface area contributed by atoms with E-state index in [2.05, 4.69) is 15.9 Å². The third kappa shape index (κ3) is 1.71. The number of hydrogen-bond acceptors (Lipinski definition) is 1. The van der Waals surface area contributed by atoms with Crippen LogP contribution in [0.15, 0.2) is 16.7 Å². The standard InChI is InChI=1S/C10H13BrN2O/c1-12-6-7(11)5-9(12)10(14)13(2)8-3-4-8/h5-6,8H,3-4H2,1-2H3. The van der Waals surface area contributed by atoms with Crippen LogP contribution in [0.3, 0.4) is 0 Å². The first-order chi connectivity index (χ1) is 6.59. The number of carbonyl (C=O) groups is 1. The summed E-state index contributed by atoms with van der Waals surface area (Å²) in [7, 11) is 3.76. The Morgan fingerprint density at radius 2 is 2.29 bits per heavy atom. The van der Waals surface area contributed by atoms with Gasteiger partial charge in [-0.3, -0.25) is 4.79 Å². The van der Waals surface area contributed by atoms with Crippen LogP contribution >= 0.6 is 15.9 Å². The monoisotopic (exact) mass is 256 g/mol. The van der Waals surface area contributed by atoms with Crippen molar-refractivity contribution < 1.29 is 4.79 Å². The van der Waals surface area contributed by atoms with Crippen LogP contribution in [0.2, 0.25) is 0 Å². The average Bonchev–Trinajstić information content (AvgIpc) is 2.90. The van der Waals surface area contributed by atoms with Crippen molar-refractivity contribution in [2.24, 2.45) is 7.05 Å². The Labute approximate surface area is 91.8 Å². The Kier molecular flexibility index (Phi) is 2.39. The molecule has 0 aromatic carbocycles. The first kappa shape index (κ1) is 9.77. The molecule has 0 N–H and O–H groups in total. The van der Waals surface area contributed by atoms with Crippen molar-refractivity contribution in [3.63, 3.8) is 0 Å². The SMILES string of the molecule is CN(C(=O)c1cc(Br)cn1C)C1CC1. The fourth-order valence-corrected chi connectivity index (χ4v) is 2.07. The van der Waals surface area contributed by atoms with Crippen LogP contribution < -0.4 is 0 Å². The number of aryl methyl sites for hydroxylation is 1. The van der Waals surface area contributed by atoms with Crippen LogP contribution in [0, 0.1) is 0 Å². The highest BCUT2D eigenvalue weighted by atomic mass is 79.9. The van der Waals surface area contributed by atoms with Crippen LogP contribution in [0.5, 0.6) is 0 Å². The van der Waals surface area contributed by atoms with Gasteiger partial charge in [0.15, 0.2) is 0 Å². The molecule has 1 aliphatic carbocycles. The molecule has 0 aliphatic heterocycles. The molecule has 4 heteroatoms. The van der Waals surface area contributed by atoms with Gasteiger partial charge in [0, 0.05) is 30.8 Å².